The van der Waals surface area contributed by atoms with Crippen LogP contribution in [0.2, 0.25) is 0 Å². The minimum absolute atomic E-state index is 0.0931. The zero-order valence-electron chi connectivity index (χ0n) is 14.5. The SMILES string of the molecule is CCC(N)C(=O)N1c2ccc(OC(F)(F)F)cc2CC1C(=O)NCC(F)(F)F. The van der Waals surface area contributed by atoms with Crippen LogP contribution in [0.3, 0.4) is 0 Å². The highest BCUT2D eigenvalue weighted by Crippen LogP contribution is 2.37. The second kappa shape index (κ2) is 7.86. The molecule has 0 saturated carbocycles. The highest BCUT2D eigenvalue weighted by atomic mass is 19.4. The van der Waals surface area contributed by atoms with Gasteiger partial charge in [-0.3, -0.25) is 14.5 Å². The van der Waals surface area contributed by atoms with Crippen LogP contribution in [0.15, 0.2) is 18.2 Å². The van der Waals surface area contributed by atoms with E-state index in [2.05, 4.69) is 4.74 Å². The number of hydrogen-bond acceptors (Lipinski definition) is 4. The number of halogens is 6. The Kier molecular flexibility index (Phi) is 6.12. The van der Waals surface area contributed by atoms with E-state index in [1.54, 1.807) is 12.2 Å². The van der Waals surface area contributed by atoms with Crippen LogP contribution in [0, 0.1) is 0 Å². The van der Waals surface area contributed by atoms with Crippen molar-refractivity contribution >= 4 is 17.5 Å². The van der Waals surface area contributed by atoms with Crippen LogP contribution in [-0.2, 0) is 16.0 Å². The van der Waals surface area contributed by atoms with Gasteiger partial charge in [0, 0.05) is 12.1 Å². The van der Waals surface area contributed by atoms with E-state index in [4.69, 9.17) is 5.73 Å². The Labute approximate surface area is 155 Å². The van der Waals surface area contributed by atoms with E-state index >= 15 is 0 Å². The number of carbonyl (C=O) groups excluding carboxylic acids is 2. The van der Waals surface area contributed by atoms with E-state index in [9.17, 15) is 35.9 Å². The summed E-state index contributed by atoms with van der Waals surface area (Å²) in [5, 5.41) is 1.68. The third kappa shape index (κ3) is 5.27. The van der Waals surface area contributed by atoms with E-state index in [-0.39, 0.29) is 24.1 Å². The van der Waals surface area contributed by atoms with Gasteiger partial charge in [-0.1, -0.05) is 6.92 Å². The van der Waals surface area contributed by atoms with Crippen molar-refractivity contribution in [3.8, 4) is 5.75 Å². The number of nitrogens with two attached hydrogens (primary N) is 1. The lowest BCUT2D eigenvalue weighted by Crippen LogP contribution is -2.53. The molecular weight excluding hydrogens is 396 g/mol. The summed E-state index contributed by atoms with van der Waals surface area (Å²) >= 11 is 0. The van der Waals surface area contributed by atoms with Gasteiger partial charge in [-0.05, 0) is 30.2 Å². The molecule has 156 valence electrons. The van der Waals surface area contributed by atoms with Crippen molar-refractivity contribution in [2.24, 2.45) is 5.73 Å². The van der Waals surface area contributed by atoms with Crippen LogP contribution in [0.25, 0.3) is 0 Å². The van der Waals surface area contributed by atoms with Gasteiger partial charge in [-0.15, -0.1) is 13.2 Å². The Balaban J connectivity index is 2.33. The molecular formula is C16H17F6N3O3. The highest BCUT2D eigenvalue weighted by molar-refractivity contribution is 6.05. The second-order valence-corrected chi connectivity index (χ2v) is 6.11. The molecule has 2 atom stereocenters. The molecule has 0 fully saturated rings. The molecule has 28 heavy (non-hydrogen) atoms. The fourth-order valence-corrected chi connectivity index (χ4v) is 2.77. The molecule has 3 N–H and O–H groups in total. The quantitative estimate of drug-likeness (QED) is 0.726. The topological polar surface area (TPSA) is 84.7 Å². The third-order valence-electron chi connectivity index (χ3n) is 4.03. The summed E-state index contributed by atoms with van der Waals surface area (Å²) in [6.07, 6.45) is -9.70. The number of benzene rings is 1. The fourth-order valence-electron chi connectivity index (χ4n) is 2.77. The maximum absolute atomic E-state index is 12.6. The van der Waals surface area contributed by atoms with E-state index < -0.39 is 48.7 Å². The van der Waals surface area contributed by atoms with E-state index in [1.807, 2.05) is 0 Å². The van der Waals surface area contributed by atoms with Crippen molar-refractivity contribution in [1.29, 1.82) is 0 Å². The van der Waals surface area contributed by atoms with Gasteiger partial charge in [0.1, 0.15) is 18.3 Å². The molecule has 1 aliphatic heterocycles. The van der Waals surface area contributed by atoms with Gasteiger partial charge in [0.15, 0.2) is 0 Å². The van der Waals surface area contributed by atoms with Gasteiger partial charge < -0.3 is 15.8 Å². The summed E-state index contributed by atoms with van der Waals surface area (Å²) in [5.41, 5.74) is 5.93. The first-order valence-corrected chi connectivity index (χ1v) is 8.14. The zero-order valence-corrected chi connectivity index (χ0v) is 14.5. The second-order valence-electron chi connectivity index (χ2n) is 6.11. The van der Waals surface area contributed by atoms with Crippen LogP contribution in [0.4, 0.5) is 32.0 Å². The molecule has 0 bridgehead atoms. The molecule has 1 heterocycles. The predicted molar refractivity (Wildman–Crippen MR) is 85.4 cm³/mol. The van der Waals surface area contributed by atoms with Gasteiger partial charge in [-0.25, -0.2) is 0 Å². The molecule has 0 radical (unpaired) electrons. The van der Waals surface area contributed by atoms with Gasteiger partial charge in [0.05, 0.1) is 6.04 Å². The molecule has 2 amide bonds. The number of carbonyl (C=O) groups is 2. The van der Waals surface area contributed by atoms with Crippen molar-refractivity contribution in [1.82, 2.24) is 5.32 Å². The fraction of sp³-hybridized carbons (Fsp3) is 0.500. The minimum Gasteiger partial charge on any atom is -0.406 e. The molecule has 0 aromatic heterocycles. The van der Waals surface area contributed by atoms with Crippen molar-refractivity contribution in [2.75, 3.05) is 11.4 Å². The Hall–Kier alpha value is -2.50. The number of amides is 2. The lowest BCUT2D eigenvalue weighted by atomic mass is 10.1. The number of ether oxygens (including phenoxy) is 1. The number of fused-ring (bicyclic) bond motifs is 1. The molecule has 1 aromatic carbocycles. The molecule has 2 unspecified atom stereocenters. The largest absolute Gasteiger partial charge is 0.573 e. The molecule has 1 aliphatic rings. The Morgan fingerprint density at radius 3 is 2.46 bits per heavy atom. The molecule has 0 spiro atoms. The number of nitrogens with one attached hydrogen (secondary N) is 1. The highest BCUT2D eigenvalue weighted by Gasteiger charge is 2.41. The predicted octanol–water partition coefficient (Wildman–Crippen LogP) is 2.26. The summed E-state index contributed by atoms with van der Waals surface area (Å²) < 4.78 is 78.1. The monoisotopic (exact) mass is 413 g/mol. The average Bonchev–Trinajstić information content (AvgIpc) is 2.94. The number of anilines is 1. The molecule has 6 nitrogen and oxygen atoms in total. The maximum atomic E-state index is 12.6. The minimum atomic E-state index is -4.95. The summed E-state index contributed by atoms with van der Waals surface area (Å²) in [5.74, 6) is -2.39. The van der Waals surface area contributed by atoms with Gasteiger partial charge in [0.25, 0.3) is 0 Å². The molecule has 0 saturated heterocycles. The Morgan fingerprint density at radius 2 is 1.93 bits per heavy atom. The first-order valence-electron chi connectivity index (χ1n) is 8.14. The van der Waals surface area contributed by atoms with Gasteiger partial charge in [0.2, 0.25) is 11.8 Å². The number of rotatable bonds is 5. The number of nitrogens with zero attached hydrogens (tertiary/aromatic N) is 1. The first-order chi connectivity index (χ1) is 12.8. The van der Waals surface area contributed by atoms with Crippen molar-refractivity contribution < 1.29 is 40.7 Å². The average molecular weight is 413 g/mol. The number of hydrogen-bond donors (Lipinski definition) is 2. The molecule has 12 heteroatoms. The van der Waals surface area contributed by atoms with Crippen LogP contribution >= 0.6 is 0 Å². The van der Waals surface area contributed by atoms with E-state index in [0.717, 1.165) is 23.1 Å². The molecule has 0 aliphatic carbocycles. The zero-order chi connectivity index (χ0) is 21.3. The molecule has 2 rings (SSSR count). The number of alkyl halides is 6. The summed E-state index contributed by atoms with van der Waals surface area (Å²) in [4.78, 5) is 25.7. The normalized spacial score (nSPS) is 17.9. The van der Waals surface area contributed by atoms with Crippen molar-refractivity contribution in [3.63, 3.8) is 0 Å². The Morgan fingerprint density at radius 1 is 1.29 bits per heavy atom. The summed E-state index contributed by atoms with van der Waals surface area (Å²) in [7, 11) is 0. The van der Waals surface area contributed by atoms with Crippen LogP contribution in [0.1, 0.15) is 18.9 Å². The maximum Gasteiger partial charge on any atom is 0.573 e. The molecule has 1 aromatic rings. The summed E-state index contributed by atoms with van der Waals surface area (Å²) in [6.45, 7) is -0.0124. The van der Waals surface area contributed by atoms with Crippen LogP contribution in [-0.4, -0.2) is 43.0 Å². The van der Waals surface area contributed by atoms with Crippen LogP contribution < -0.4 is 20.7 Å². The first kappa shape index (κ1) is 21.8. The van der Waals surface area contributed by atoms with Crippen molar-refractivity contribution in [2.45, 2.75) is 44.4 Å². The lowest BCUT2D eigenvalue weighted by Gasteiger charge is -2.27. The standard InChI is InChI=1S/C16H17F6N3O3/c1-2-10(23)14(27)25-11-4-3-9(28-16(20,21)22)5-8(11)6-12(25)13(26)24-7-15(17,18)19/h3-5,10,12H,2,6-7,23H2,1H3,(H,24,26). The Bertz CT molecular complexity index is 750. The van der Waals surface area contributed by atoms with E-state index in [1.165, 1.54) is 0 Å². The lowest BCUT2D eigenvalue weighted by molar-refractivity contribution is -0.274. The van der Waals surface area contributed by atoms with E-state index in [0.29, 0.717) is 0 Å². The third-order valence-corrected chi connectivity index (χ3v) is 4.03. The summed E-state index contributed by atoms with van der Waals surface area (Å²) in [6, 6.07) is 0.657. The van der Waals surface area contributed by atoms with Gasteiger partial charge in [-0.2, -0.15) is 13.2 Å². The van der Waals surface area contributed by atoms with Gasteiger partial charge >= 0.3 is 12.5 Å². The van der Waals surface area contributed by atoms with Crippen molar-refractivity contribution in [3.05, 3.63) is 23.8 Å². The van der Waals surface area contributed by atoms with Crippen LogP contribution in [0.5, 0.6) is 5.75 Å². The smallest absolute Gasteiger partial charge is 0.406 e.